The van der Waals surface area contributed by atoms with Crippen LogP contribution in [-0.4, -0.2) is 25.2 Å². The zero-order valence-corrected chi connectivity index (χ0v) is 16.1. The van der Waals surface area contributed by atoms with Crippen LogP contribution < -0.4 is 10.1 Å². The molecule has 1 amide bonds. The number of hydrogen-bond acceptors (Lipinski definition) is 3. The molecule has 0 saturated carbocycles. The summed E-state index contributed by atoms with van der Waals surface area (Å²) in [7, 11) is 0. The highest BCUT2D eigenvalue weighted by Gasteiger charge is 2.16. The van der Waals surface area contributed by atoms with Gasteiger partial charge >= 0.3 is 0 Å². The zero-order chi connectivity index (χ0) is 19.3. The minimum atomic E-state index is -0.0916. The molecule has 3 aromatic rings. The lowest BCUT2D eigenvalue weighted by atomic mass is 9.99. The molecule has 1 aliphatic heterocycles. The Morgan fingerprint density at radius 2 is 1.89 bits per heavy atom. The molecule has 4 nitrogen and oxygen atoms in total. The fourth-order valence-electron chi connectivity index (χ4n) is 3.65. The number of carbonyl (C=O) groups excluding carboxylic acids is 1. The molecule has 2 unspecified atom stereocenters. The summed E-state index contributed by atoms with van der Waals surface area (Å²) in [6, 6.07) is 21.6. The summed E-state index contributed by atoms with van der Waals surface area (Å²) in [6.07, 6.45) is 2.33. The van der Waals surface area contributed by atoms with E-state index >= 15 is 0 Å². The van der Waals surface area contributed by atoms with Gasteiger partial charge in [-0.2, -0.15) is 0 Å². The molecule has 1 N–H and O–H groups in total. The summed E-state index contributed by atoms with van der Waals surface area (Å²) in [5.74, 6) is 0.667. The van der Waals surface area contributed by atoms with Gasteiger partial charge in [-0.25, -0.2) is 0 Å². The molecule has 1 aliphatic rings. The molecule has 144 valence electrons. The van der Waals surface area contributed by atoms with Crippen LogP contribution in [0.15, 0.2) is 66.7 Å². The quantitative estimate of drug-likeness (QED) is 0.667. The lowest BCUT2D eigenvalue weighted by Gasteiger charge is -2.17. The third-order valence-corrected chi connectivity index (χ3v) is 5.21. The maximum absolute atomic E-state index is 12.7. The summed E-state index contributed by atoms with van der Waals surface area (Å²) < 4.78 is 11.3. The first-order valence-corrected chi connectivity index (χ1v) is 9.84. The van der Waals surface area contributed by atoms with Gasteiger partial charge in [0.15, 0.2) is 0 Å². The predicted molar refractivity (Wildman–Crippen MR) is 111 cm³/mol. The van der Waals surface area contributed by atoms with Gasteiger partial charge < -0.3 is 14.8 Å². The molecule has 3 aromatic carbocycles. The second-order valence-electron chi connectivity index (χ2n) is 7.23. The van der Waals surface area contributed by atoms with Crippen molar-refractivity contribution in [1.29, 1.82) is 0 Å². The Bertz CT molecular complexity index is 940. The van der Waals surface area contributed by atoms with Gasteiger partial charge in [0, 0.05) is 12.2 Å². The number of carbonyl (C=O) groups is 1. The average molecular weight is 375 g/mol. The van der Waals surface area contributed by atoms with E-state index in [2.05, 4.69) is 29.6 Å². The van der Waals surface area contributed by atoms with Crippen LogP contribution in [0.2, 0.25) is 0 Å². The topological polar surface area (TPSA) is 47.6 Å². The van der Waals surface area contributed by atoms with E-state index in [1.54, 1.807) is 12.1 Å². The van der Waals surface area contributed by atoms with Crippen LogP contribution in [0.25, 0.3) is 10.8 Å². The second-order valence-corrected chi connectivity index (χ2v) is 7.23. The maximum Gasteiger partial charge on any atom is 0.251 e. The summed E-state index contributed by atoms with van der Waals surface area (Å²) in [5.41, 5.74) is 1.74. The van der Waals surface area contributed by atoms with Crippen molar-refractivity contribution in [1.82, 2.24) is 5.32 Å². The van der Waals surface area contributed by atoms with Gasteiger partial charge in [-0.1, -0.05) is 42.5 Å². The largest absolute Gasteiger partial charge is 0.491 e. The molecular formula is C24H25NO3. The first kappa shape index (κ1) is 18.5. The van der Waals surface area contributed by atoms with Crippen molar-refractivity contribution in [2.75, 3.05) is 13.2 Å². The first-order chi connectivity index (χ1) is 13.7. The molecule has 1 heterocycles. The number of ether oxygens (including phenoxy) is 2. The second kappa shape index (κ2) is 8.44. The third-order valence-electron chi connectivity index (χ3n) is 5.21. The molecule has 28 heavy (non-hydrogen) atoms. The number of rotatable bonds is 6. The fourth-order valence-corrected chi connectivity index (χ4v) is 3.65. The highest BCUT2D eigenvalue weighted by Crippen LogP contribution is 2.24. The number of benzene rings is 3. The number of amides is 1. The number of fused-ring (bicyclic) bond motifs is 1. The van der Waals surface area contributed by atoms with Gasteiger partial charge in [-0.15, -0.1) is 0 Å². The van der Waals surface area contributed by atoms with E-state index in [9.17, 15) is 4.79 Å². The van der Waals surface area contributed by atoms with Gasteiger partial charge in [-0.05, 0) is 60.4 Å². The third kappa shape index (κ3) is 4.18. The van der Waals surface area contributed by atoms with Crippen LogP contribution in [0, 0.1) is 0 Å². The van der Waals surface area contributed by atoms with Crippen LogP contribution in [0.5, 0.6) is 5.75 Å². The zero-order valence-electron chi connectivity index (χ0n) is 16.1. The Balaban J connectivity index is 1.40. The number of hydrogen-bond donors (Lipinski definition) is 1. The highest BCUT2D eigenvalue weighted by molar-refractivity contribution is 5.95. The molecule has 0 bridgehead atoms. The minimum absolute atomic E-state index is 0.0889. The summed E-state index contributed by atoms with van der Waals surface area (Å²) in [6.45, 7) is 3.39. The summed E-state index contributed by atoms with van der Waals surface area (Å²) in [4.78, 5) is 12.7. The van der Waals surface area contributed by atoms with E-state index in [1.165, 1.54) is 5.39 Å². The Kier molecular flexibility index (Phi) is 5.58. The van der Waals surface area contributed by atoms with E-state index in [0.29, 0.717) is 12.2 Å². The van der Waals surface area contributed by atoms with Crippen LogP contribution in [0.3, 0.4) is 0 Å². The Labute approximate surface area is 165 Å². The predicted octanol–water partition coefficient (Wildman–Crippen LogP) is 4.89. The average Bonchev–Trinajstić information content (AvgIpc) is 3.26. The molecule has 2 atom stereocenters. The van der Waals surface area contributed by atoms with E-state index in [0.717, 1.165) is 36.1 Å². The lowest BCUT2D eigenvalue weighted by Crippen LogP contribution is -2.26. The molecule has 1 saturated heterocycles. The molecule has 0 aromatic heterocycles. The molecule has 0 aliphatic carbocycles. The SMILES string of the molecule is CC(NC(=O)c1ccc(OCC2CCCO2)cc1)c1cccc2ccccc12. The highest BCUT2D eigenvalue weighted by atomic mass is 16.5. The van der Waals surface area contributed by atoms with E-state index in [4.69, 9.17) is 9.47 Å². The molecule has 0 radical (unpaired) electrons. The van der Waals surface area contributed by atoms with E-state index in [-0.39, 0.29) is 18.1 Å². The maximum atomic E-state index is 12.7. The molecule has 4 heteroatoms. The molecule has 1 fully saturated rings. The summed E-state index contributed by atoms with van der Waals surface area (Å²) >= 11 is 0. The van der Waals surface area contributed by atoms with Crippen LogP contribution in [0.4, 0.5) is 0 Å². The van der Waals surface area contributed by atoms with Crippen molar-refractivity contribution in [3.05, 3.63) is 77.9 Å². The Hall–Kier alpha value is -2.85. The van der Waals surface area contributed by atoms with Crippen molar-refractivity contribution >= 4 is 16.7 Å². The standard InChI is InChI=1S/C24H25NO3/c1-17(22-10-4-7-18-6-2-3-9-23(18)22)25-24(26)19-11-13-20(14-12-19)28-16-21-8-5-15-27-21/h2-4,6-7,9-14,17,21H,5,8,15-16H2,1H3,(H,25,26). The lowest BCUT2D eigenvalue weighted by molar-refractivity contribution is 0.0679. The van der Waals surface area contributed by atoms with Gasteiger partial charge in [0.2, 0.25) is 0 Å². The fraction of sp³-hybridized carbons (Fsp3) is 0.292. The van der Waals surface area contributed by atoms with Crippen molar-refractivity contribution in [3.63, 3.8) is 0 Å². The smallest absolute Gasteiger partial charge is 0.251 e. The molecule has 4 rings (SSSR count). The van der Waals surface area contributed by atoms with Crippen molar-refractivity contribution in [2.45, 2.75) is 31.9 Å². The van der Waals surface area contributed by atoms with E-state index in [1.807, 2.05) is 37.3 Å². The molecular weight excluding hydrogens is 350 g/mol. The van der Waals surface area contributed by atoms with E-state index < -0.39 is 0 Å². The van der Waals surface area contributed by atoms with Crippen LogP contribution in [-0.2, 0) is 4.74 Å². The normalized spacial score (nSPS) is 17.4. The summed E-state index contributed by atoms with van der Waals surface area (Å²) in [5, 5.41) is 5.44. The van der Waals surface area contributed by atoms with Crippen molar-refractivity contribution < 1.29 is 14.3 Å². The molecule has 0 spiro atoms. The van der Waals surface area contributed by atoms with Gasteiger partial charge in [0.05, 0.1) is 12.1 Å². The monoisotopic (exact) mass is 375 g/mol. The Morgan fingerprint density at radius 3 is 2.68 bits per heavy atom. The Morgan fingerprint density at radius 1 is 1.11 bits per heavy atom. The van der Waals surface area contributed by atoms with Gasteiger partial charge in [-0.3, -0.25) is 4.79 Å². The minimum Gasteiger partial charge on any atom is -0.491 e. The first-order valence-electron chi connectivity index (χ1n) is 9.84. The van der Waals surface area contributed by atoms with Crippen molar-refractivity contribution in [3.8, 4) is 5.75 Å². The number of nitrogens with one attached hydrogen (secondary N) is 1. The van der Waals surface area contributed by atoms with Crippen molar-refractivity contribution in [2.24, 2.45) is 0 Å². The van der Waals surface area contributed by atoms with Gasteiger partial charge in [0.25, 0.3) is 5.91 Å². The van der Waals surface area contributed by atoms with Crippen LogP contribution in [0.1, 0.15) is 41.7 Å². The van der Waals surface area contributed by atoms with Crippen LogP contribution >= 0.6 is 0 Å². The van der Waals surface area contributed by atoms with Gasteiger partial charge in [0.1, 0.15) is 12.4 Å².